The van der Waals surface area contributed by atoms with E-state index < -0.39 is 29.1 Å². The lowest BCUT2D eigenvalue weighted by atomic mass is 10.2. The van der Waals surface area contributed by atoms with Gasteiger partial charge in [-0.3, -0.25) is 10.1 Å². The molecule has 2 atom stereocenters. The molecule has 166 valence electrons. The molecule has 0 spiro atoms. The fourth-order valence-corrected chi connectivity index (χ4v) is 2.60. The van der Waals surface area contributed by atoms with Crippen molar-refractivity contribution in [1.29, 1.82) is 0 Å². The number of carbonyl (C=O) groups excluding carboxylic acids is 2. The molecule has 1 amide bonds. The molecule has 0 saturated heterocycles. The zero-order valence-corrected chi connectivity index (χ0v) is 17.5. The number of rotatable bonds is 11. The van der Waals surface area contributed by atoms with Gasteiger partial charge in [-0.1, -0.05) is 43.7 Å². The summed E-state index contributed by atoms with van der Waals surface area (Å²) in [5, 5.41) is 13.2. The normalized spacial score (nSPS) is 12.5. The molecule has 2 rings (SSSR count). The first kappa shape index (κ1) is 23.8. The van der Waals surface area contributed by atoms with Crippen molar-refractivity contribution in [3.05, 3.63) is 70.3 Å². The van der Waals surface area contributed by atoms with Gasteiger partial charge in [0.25, 0.3) is 5.69 Å². The first-order valence-electron chi connectivity index (χ1n) is 9.95. The Morgan fingerprint density at radius 1 is 1.10 bits per heavy atom. The number of ether oxygens (including phenoxy) is 3. The van der Waals surface area contributed by atoms with Gasteiger partial charge in [0, 0.05) is 18.7 Å². The molecule has 0 aliphatic carbocycles. The summed E-state index contributed by atoms with van der Waals surface area (Å²) in [6.07, 6.45) is 0.176. The number of nitrogens with one attached hydrogen (secondary N) is 1. The van der Waals surface area contributed by atoms with E-state index in [2.05, 4.69) is 5.32 Å². The minimum atomic E-state index is -1.09. The third-order valence-electron chi connectivity index (χ3n) is 4.36. The van der Waals surface area contributed by atoms with Crippen molar-refractivity contribution in [3.8, 4) is 5.75 Å². The molecule has 9 heteroatoms. The highest BCUT2D eigenvalue weighted by Gasteiger charge is 2.30. The van der Waals surface area contributed by atoms with Gasteiger partial charge in [0.1, 0.15) is 12.4 Å². The van der Waals surface area contributed by atoms with Gasteiger partial charge < -0.3 is 19.5 Å². The zero-order chi connectivity index (χ0) is 22.6. The van der Waals surface area contributed by atoms with Crippen LogP contribution in [0, 0.1) is 10.1 Å². The van der Waals surface area contributed by atoms with Gasteiger partial charge in [0.05, 0.1) is 11.0 Å². The molecule has 0 heterocycles. The summed E-state index contributed by atoms with van der Waals surface area (Å²) in [6, 6.07) is 13.1. The van der Waals surface area contributed by atoms with Gasteiger partial charge in [-0.15, -0.1) is 0 Å². The summed E-state index contributed by atoms with van der Waals surface area (Å²) >= 11 is 0. The maximum absolute atomic E-state index is 12.7. The lowest BCUT2D eigenvalue weighted by Crippen LogP contribution is -2.50. The highest BCUT2D eigenvalue weighted by Crippen LogP contribution is 2.17. The number of hydrogen-bond acceptors (Lipinski definition) is 7. The Hall–Kier alpha value is -3.46. The van der Waals surface area contributed by atoms with E-state index in [0.717, 1.165) is 18.4 Å². The van der Waals surface area contributed by atoms with Gasteiger partial charge in [0.15, 0.2) is 6.04 Å². The number of nitro groups is 1. The zero-order valence-electron chi connectivity index (χ0n) is 17.5. The van der Waals surface area contributed by atoms with Crippen LogP contribution in [0.1, 0.15) is 32.3 Å². The Morgan fingerprint density at radius 2 is 1.77 bits per heavy atom. The van der Waals surface area contributed by atoms with Crippen molar-refractivity contribution < 1.29 is 28.7 Å². The molecular formula is C22H26N2O7. The van der Waals surface area contributed by atoms with E-state index in [-0.39, 0.29) is 18.0 Å². The maximum Gasteiger partial charge on any atom is 0.413 e. The Balaban J connectivity index is 2.01. The molecule has 0 fully saturated rings. The van der Waals surface area contributed by atoms with Crippen LogP contribution in [0.3, 0.4) is 0 Å². The average molecular weight is 430 g/mol. The first-order chi connectivity index (χ1) is 14.9. The number of nitrogens with zero attached hydrogens (tertiary/aromatic N) is 1. The second kappa shape index (κ2) is 12.3. The maximum atomic E-state index is 12.7. The number of benzene rings is 2. The minimum Gasteiger partial charge on any atom is -0.459 e. The monoisotopic (exact) mass is 430 g/mol. The molecule has 0 aromatic heterocycles. The molecule has 0 aliphatic rings. The van der Waals surface area contributed by atoms with Gasteiger partial charge in [0.2, 0.25) is 0 Å². The second-order valence-electron chi connectivity index (χ2n) is 6.79. The third kappa shape index (κ3) is 8.06. The molecule has 1 N–H and O–H groups in total. The third-order valence-corrected chi connectivity index (χ3v) is 4.36. The molecule has 9 nitrogen and oxygen atoms in total. The molecule has 31 heavy (non-hydrogen) atoms. The van der Waals surface area contributed by atoms with E-state index in [0.29, 0.717) is 6.61 Å². The Kier molecular flexibility index (Phi) is 9.44. The number of carbonyl (C=O) groups is 2. The lowest BCUT2D eigenvalue weighted by molar-refractivity contribution is -0.384. The summed E-state index contributed by atoms with van der Waals surface area (Å²) in [5.41, 5.74) is 0.677. The number of hydrogen-bond donors (Lipinski definition) is 1. The number of esters is 1. The van der Waals surface area contributed by atoms with E-state index in [4.69, 9.17) is 14.2 Å². The summed E-state index contributed by atoms with van der Waals surface area (Å²) in [5.74, 6) is -0.562. The molecule has 0 saturated carbocycles. The van der Waals surface area contributed by atoms with Crippen LogP contribution in [0.2, 0.25) is 0 Å². The predicted octanol–water partition coefficient (Wildman–Crippen LogP) is 4.00. The molecule has 0 bridgehead atoms. The summed E-state index contributed by atoms with van der Waals surface area (Å²) in [6.45, 7) is 4.16. The number of amides is 1. The van der Waals surface area contributed by atoms with Crippen molar-refractivity contribution in [2.45, 2.75) is 45.4 Å². The second-order valence-corrected chi connectivity index (χ2v) is 6.79. The summed E-state index contributed by atoms with van der Waals surface area (Å²) in [7, 11) is 0. The average Bonchev–Trinajstić information content (AvgIpc) is 2.77. The number of nitro benzene ring substituents is 1. The predicted molar refractivity (Wildman–Crippen MR) is 113 cm³/mol. The van der Waals surface area contributed by atoms with Gasteiger partial charge in [-0.05, 0) is 31.0 Å². The van der Waals surface area contributed by atoms with Crippen LogP contribution in [-0.2, 0) is 20.9 Å². The van der Waals surface area contributed by atoms with E-state index in [1.165, 1.54) is 24.3 Å². The van der Waals surface area contributed by atoms with Gasteiger partial charge in [-0.25, -0.2) is 9.59 Å². The summed E-state index contributed by atoms with van der Waals surface area (Å²) < 4.78 is 16.1. The molecule has 0 radical (unpaired) electrons. The summed E-state index contributed by atoms with van der Waals surface area (Å²) in [4.78, 5) is 35.1. The van der Waals surface area contributed by atoms with Crippen molar-refractivity contribution in [1.82, 2.24) is 5.32 Å². The highest BCUT2D eigenvalue weighted by molar-refractivity contribution is 5.82. The Labute approximate surface area is 180 Å². The number of non-ortho nitro benzene ring substituents is 1. The van der Waals surface area contributed by atoms with Crippen LogP contribution in [0.5, 0.6) is 5.75 Å². The van der Waals surface area contributed by atoms with Crippen molar-refractivity contribution in [3.63, 3.8) is 0 Å². The van der Waals surface area contributed by atoms with Crippen molar-refractivity contribution >= 4 is 17.7 Å². The van der Waals surface area contributed by atoms with Crippen molar-refractivity contribution in [2.75, 3.05) is 6.61 Å². The quantitative estimate of drug-likeness (QED) is 0.248. The SMILES string of the molecule is CCCCOC(C)[C@H](NC(=O)Oc1ccc([N+](=O)[O-])cc1)C(=O)OCc1ccccc1. The molecule has 2 aromatic carbocycles. The van der Waals surface area contributed by atoms with Gasteiger partial charge in [-0.2, -0.15) is 0 Å². The van der Waals surface area contributed by atoms with Crippen LogP contribution in [0.25, 0.3) is 0 Å². The molecule has 1 unspecified atom stereocenters. The smallest absolute Gasteiger partial charge is 0.413 e. The van der Waals surface area contributed by atoms with E-state index >= 15 is 0 Å². The molecular weight excluding hydrogens is 404 g/mol. The Bertz CT molecular complexity index is 856. The van der Waals surface area contributed by atoms with Crippen LogP contribution < -0.4 is 10.1 Å². The van der Waals surface area contributed by atoms with Crippen LogP contribution in [-0.4, -0.2) is 35.7 Å². The molecule has 2 aromatic rings. The van der Waals surface area contributed by atoms with Crippen LogP contribution in [0.15, 0.2) is 54.6 Å². The van der Waals surface area contributed by atoms with Gasteiger partial charge >= 0.3 is 12.1 Å². The highest BCUT2D eigenvalue weighted by atomic mass is 16.6. The van der Waals surface area contributed by atoms with Crippen LogP contribution >= 0.6 is 0 Å². The fraction of sp³-hybridized carbons (Fsp3) is 0.364. The largest absolute Gasteiger partial charge is 0.459 e. The number of unbranched alkanes of at least 4 members (excludes halogenated alkanes) is 1. The first-order valence-corrected chi connectivity index (χ1v) is 9.95. The van der Waals surface area contributed by atoms with E-state index in [9.17, 15) is 19.7 Å². The topological polar surface area (TPSA) is 117 Å². The van der Waals surface area contributed by atoms with Crippen LogP contribution in [0.4, 0.5) is 10.5 Å². The lowest BCUT2D eigenvalue weighted by Gasteiger charge is -2.23. The Morgan fingerprint density at radius 3 is 2.39 bits per heavy atom. The minimum absolute atomic E-state index is 0.0525. The fourth-order valence-electron chi connectivity index (χ4n) is 2.60. The van der Waals surface area contributed by atoms with Crippen molar-refractivity contribution in [2.24, 2.45) is 0 Å². The standard InChI is InChI=1S/C22H26N2O7/c1-3-4-14-29-16(2)20(21(25)30-15-17-8-6-5-7-9-17)23-22(26)31-19-12-10-18(11-13-19)24(27)28/h5-13,16,20H,3-4,14-15H2,1-2H3,(H,23,26)/t16?,20-/m0/s1. The van der Waals surface area contributed by atoms with E-state index in [1.807, 2.05) is 37.3 Å². The van der Waals surface area contributed by atoms with E-state index in [1.54, 1.807) is 6.92 Å². The molecule has 0 aliphatic heterocycles.